The van der Waals surface area contributed by atoms with Crippen molar-refractivity contribution in [1.82, 2.24) is 9.80 Å². The van der Waals surface area contributed by atoms with Gasteiger partial charge in [-0.25, -0.2) is 0 Å². The molecular weight excluding hydrogens is 328 g/mol. The van der Waals surface area contributed by atoms with Gasteiger partial charge in [-0.05, 0) is 49.6 Å². The number of carbonyl (C=O) groups is 1. The molecule has 5 nitrogen and oxygen atoms in total. The zero-order chi connectivity index (χ0) is 18.7. The number of nitrogens with zero attached hydrogens (tertiary/aromatic N) is 2. The largest absolute Gasteiger partial charge is 0.465 e. The molecule has 140 valence electrons. The molecular formula is C21H28N2O3. The Kier molecular flexibility index (Phi) is 5.79. The lowest BCUT2D eigenvalue weighted by molar-refractivity contribution is -0.149. The molecule has 1 atom stereocenters. The van der Waals surface area contributed by atoms with Crippen molar-refractivity contribution in [2.24, 2.45) is 0 Å². The molecule has 1 aliphatic heterocycles. The predicted molar refractivity (Wildman–Crippen MR) is 101 cm³/mol. The second-order valence-electron chi connectivity index (χ2n) is 7.22. The number of ether oxygens (including phenoxy) is 1. The van der Waals surface area contributed by atoms with Crippen molar-refractivity contribution in [3.8, 4) is 0 Å². The summed E-state index contributed by atoms with van der Waals surface area (Å²) in [5, 5.41) is 0. The highest BCUT2D eigenvalue weighted by atomic mass is 16.5. The highest BCUT2D eigenvalue weighted by molar-refractivity contribution is 5.81. The van der Waals surface area contributed by atoms with Crippen LogP contribution in [-0.4, -0.2) is 48.6 Å². The van der Waals surface area contributed by atoms with E-state index in [0.717, 1.165) is 23.6 Å². The summed E-state index contributed by atoms with van der Waals surface area (Å²) in [6.07, 6.45) is -0.420. The monoisotopic (exact) mass is 356 g/mol. The maximum Gasteiger partial charge on any atom is 0.253 e. The van der Waals surface area contributed by atoms with Gasteiger partial charge in [-0.15, -0.1) is 0 Å². The fourth-order valence-electron chi connectivity index (χ4n) is 3.29. The summed E-state index contributed by atoms with van der Waals surface area (Å²) in [4.78, 5) is 16.8. The number of hydrogen-bond acceptors (Lipinski definition) is 4. The third-order valence-corrected chi connectivity index (χ3v) is 4.97. The van der Waals surface area contributed by atoms with Crippen LogP contribution in [0.15, 0.2) is 34.7 Å². The SMILES string of the molecule is Cc1ccc(CN2CCOC(C(=O)N(C)Cc3ccc(C)c(C)c3)C2)o1. The van der Waals surface area contributed by atoms with Gasteiger partial charge in [0.05, 0.1) is 13.2 Å². The van der Waals surface area contributed by atoms with Crippen molar-refractivity contribution in [2.75, 3.05) is 26.7 Å². The van der Waals surface area contributed by atoms with Crippen molar-refractivity contribution < 1.29 is 13.9 Å². The van der Waals surface area contributed by atoms with Crippen molar-refractivity contribution in [2.45, 2.75) is 40.0 Å². The summed E-state index contributed by atoms with van der Waals surface area (Å²) in [5.41, 5.74) is 3.65. The van der Waals surface area contributed by atoms with Gasteiger partial charge in [-0.1, -0.05) is 18.2 Å². The first-order valence-corrected chi connectivity index (χ1v) is 9.13. The fourth-order valence-corrected chi connectivity index (χ4v) is 3.29. The van der Waals surface area contributed by atoms with Crippen molar-refractivity contribution in [3.05, 3.63) is 58.5 Å². The van der Waals surface area contributed by atoms with Crippen molar-refractivity contribution in [1.29, 1.82) is 0 Å². The summed E-state index contributed by atoms with van der Waals surface area (Å²) in [7, 11) is 1.84. The molecule has 1 aromatic carbocycles. The minimum atomic E-state index is -0.420. The Labute approximate surface area is 155 Å². The summed E-state index contributed by atoms with van der Waals surface area (Å²) >= 11 is 0. The van der Waals surface area contributed by atoms with Gasteiger partial charge in [0.25, 0.3) is 5.91 Å². The van der Waals surface area contributed by atoms with Gasteiger partial charge in [-0.2, -0.15) is 0 Å². The first-order valence-electron chi connectivity index (χ1n) is 9.13. The minimum Gasteiger partial charge on any atom is -0.465 e. The van der Waals surface area contributed by atoms with Crippen LogP contribution >= 0.6 is 0 Å². The highest BCUT2D eigenvalue weighted by Crippen LogP contribution is 2.16. The number of rotatable bonds is 5. The number of benzene rings is 1. The Hall–Kier alpha value is -2.11. The van der Waals surface area contributed by atoms with Crippen LogP contribution in [0.2, 0.25) is 0 Å². The molecule has 1 saturated heterocycles. The molecule has 3 rings (SSSR count). The third kappa shape index (κ3) is 4.54. The van der Waals surface area contributed by atoms with Gasteiger partial charge in [0, 0.05) is 26.7 Å². The van der Waals surface area contributed by atoms with E-state index < -0.39 is 6.10 Å². The van der Waals surface area contributed by atoms with Crippen LogP contribution < -0.4 is 0 Å². The predicted octanol–water partition coefficient (Wildman–Crippen LogP) is 3.06. The summed E-state index contributed by atoms with van der Waals surface area (Å²) in [6.45, 7) is 9.40. The quantitative estimate of drug-likeness (QED) is 0.826. The molecule has 26 heavy (non-hydrogen) atoms. The summed E-state index contributed by atoms with van der Waals surface area (Å²) in [6, 6.07) is 10.3. The topological polar surface area (TPSA) is 45.9 Å². The van der Waals surface area contributed by atoms with Crippen LogP contribution in [0.4, 0.5) is 0 Å². The normalized spacial score (nSPS) is 18.1. The Bertz CT molecular complexity index is 768. The van der Waals surface area contributed by atoms with Gasteiger partial charge in [-0.3, -0.25) is 9.69 Å². The van der Waals surface area contributed by atoms with E-state index in [1.807, 2.05) is 26.1 Å². The molecule has 0 radical (unpaired) electrons. The molecule has 0 N–H and O–H groups in total. The van der Waals surface area contributed by atoms with E-state index in [2.05, 4.69) is 36.9 Å². The number of carbonyl (C=O) groups excluding carboxylic acids is 1. The Morgan fingerprint density at radius 1 is 1.19 bits per heavy atom. The van der Waals surface area contributed by atoms with E-state index in [0.29, 0.717) is 26.2 Å². The van der Waals surface area contributed by atoms with Crippen LogP contribution in [-0.2, 0) is 22.6 Å². The summed E-state index contributed by atoms with van der Waals surface area (Å²) < 4.78 is 11.4. The van der Waals surface area contributed by atoms with E-state index >= 15 is 0 Å². The molecule has 0 bridgehead atoms. The number of furan rings is 1. The molecule has 1 amide bonds. The van der Waals surface area contributed by atoms with Crippen LogP contribution in [0.1, 0.15) is 28.2 Å². The van der Waals surface area contributed by atoms with Crippen LogP contribution in [0.3, 0.4) is 0 Å². The number of amides is 1. The fraction of sp³-hybridized carbons (Fsp3) is 0.476. The van der Waals surface area contributed by atoms with E-state index in [1.54, 1.807) is 4.90 Å². The van der Waals surface area contributed by atoms with E-state index in [-0.39, 0.29) is 5.91 Å². The average molecular weight is 356 g/mol. The van der Waals surface area contributed by atoms with E-state index in [9.17, 15) is 4.79 Å². The first-order chi connectivity index (χ1) is 12.4. The van der Waals surface area contributed by atoms with E-state index in [4.69, 9.17) is 9.15 Å². The maximum absolute atomic E-state index is 12.8. The van der Waals surface area contributed by atoms with Gasteiger partial charge < -0.3 is 14.1 Å². The van der Waals surface area contributed by atoms with Crippen molar-refractivity contribution >= 4 is 5.91 Å². The lowest BCUT2D eigenvalue weighted by Gasteiger charge is -2.33. The molecule has 0 saturated carbocycles. The molecule has 1 fully saturated rings. The number of morpholine rings is 1. The van der Waals surface area contributed by atoms with Gasteiger partial charge in [0.2, 0.25) is 0 Å². The number of hydrogen-bond donors (Lipinski definition) is 0. The van der Waals surface area contributed by atoms with Gasteiger partial charge in [0.15, 0.2) is 0 Å². The zero-order valence-electron chi connectivity index (χ0n) is 16.1. The molecule has 1 unspecified atom stereocenters. The smallest absolute Gasteiger partial charge is 0.253 e. The molecule has 1 aliphatic rings. The number of likely N-dealkylation sites (N-methyl/N-ethyl adjacent to an activating group) is 1. The molecule has 1 aromatic heterocycles. The van der Waals surface area contributed by atoms with E-state index in [1.165, 1.54) is 11.1 Å². The van der Waals surface area contributed by atoms with Crippen LogP contribution in [0.25, 0.3) is 0 Å². The Balaban J connectivity index is 1.58. The standard InChI is InChI=1S/C21H28N2O3/c1-15-5-7-18(11-16(15)2)12-22(4)21(24)20-14-23(9-10-25-20)13-19-8-6-17(3)26-19/h5-8,11,20H,9-10,12-14H2,1-4H3. The third-order valence-electron chi connectivity index (χ3n) is 4.97. The minimum absolute atomic E-state index is 0.0311. The lowest BCUT2D eigenvalue weighted by Crippen LogP contribution is -2.49. The second-order valence-corrected chi connectivity index (χ2v) is 7.22. The maximum atomic E-state index is 12.8. The Morgan fingerprint density at radius 3 is 2.69 bits per heavy atom. The molecule has 5 heteroatoms. The molecule has 0 aliphatic carbocycles. The highest BCUT2D eigenvalue weighted by Gasteiger charge is 2.29. The molecule has 0 spiro atoms. The molecule has 2 aromatic rings. The number of aryl methyl sites for hydroxylation is 3. The van der Waals surface area contributed by atoms with Crippen LogP contribution in [0.5, 0.6) is 0 Å². The van der Waals surface area contributed by atoms with Crippen LogP contribution in [0, 0.1) is 20.8 Å². The zero-order valence-corrected chi connectivity index (χ0v) is 16.1. The van der Waals surface area contributed by atoms with Crippen molar-refractivity contribution in [3.63, 3.8) is 0 Å². The van der Waals surface area contributed by atoms with Gasteiger partial charge >= 0.3 is 0 Å². The van der Waals surface area contributed by atoms with Gasteiger partial charge in [0.1, 0.15) is 17.6 Å². The summed E-state index contributed by atoms with van der Waals surface area (Å²) in [5.74, 6) is 1.87. The second kappa shape index (κ2) is 8.06. The average Bonchev–Trinajstić information content (AvgIpc) is 3.02. The lowest BCUT2D eigenvalue weighted by atomic mass is 10.1. The molecule has 2 heterocycles. The Morgan fingerprint density at radius 2 is 2.00 bits per heavy atom. The first kappa shape index (κ1) is 18.7.